The molecule has 0 aliphatic carbocycles. The highest BCUT2D eigenvalue weighted by Crippen LogP contribution is 2.28. The van der Waals surface area contributed by atoms with E-state index in [9.17, 15) is 5.11 Å². The minimum absolute atomic E-state index is 0.0160. The van der Waals surface area contributed by atoms with Gasteiger partial charge in [0.1, 0.15) is 5.76 Å². The van der Waals surface area contributed by atoms with E-state index in [0.717, 1.165) is 5.56 Å². The molecular weight excluding hydrogens is 220 g/mol. The zero-order chi connectivity index (χ0) is 12.7. The van der Waals surface area contributed by atoms with Gasteiger partial charge in [0.15, 0.2) is 11.5 Å². The van der Waals surface area contributed by atoms with E-state index in [1.807, 2.05) is 6.07 Å². The van der Waals surface area contributed by atoms with Crippen LogP contribution in [0.3, 0.4) is 0 Å². The molecule has 0 atom stereocenters. The number of benzene rings is 1. The van der Waals surface area contributed by atoms with Crippen LogP contribution in [0.5, 0.6) is 11.5 Å². The lowest BCUT2D eigenvalue weighted by Gasteiger charge is -2.07. The van der Waals surface area contributed by atoms with Crippen molar-refractivity contribution in [2.24, 2.45) is 0 Å². The molecule has 0 amide bonds. The van der Waals surface area contributed by atoms with Crippen molar-refractivity contribution in [2.75, 3.05) is 20.8 Å². The summed E-state index contributed by atoms with van der Waals surface area (Å²) in [4.78, 5) is 0. The topological polar surface area (TPSA) is 58.9 Å². The van der Waals surface area contributed by atoms with Crippen molar-refractivity contribution < 1.29 is 19.7 Å². The fourth-order valence-corrected chi connectivity index (χ4v) is 1.30. The molecule has 0 fully saturated rings. The molecule has 0 bridgehead atoms. The minimum Gasteiger partial charge on any atom is -0.508 e. The third-order valence-corrected chi connectivity index (χ3v) is 2.15. The summed E-state index contributed by atoms with van der Waals surface area (Å²) in [5.41, 5.74) is 0.862. The zero-order valence-electron chi connectivity index (χ0n) is 9.88. The van der Waals surface area contributed by atoms with Crippen molar-refractivity contribution in [2.45, 2.75) is 0 Å². The van der Waals surface area contributed by atoms with Crippen LogP contribution < -0.4 is 9.47 Å². The summed E-state index contributed by atoms with van der Waals surface area (Å²) in [7, 11) is 3.14. The highest BCUT2D eigenvalue weighted by Gasteiger charge is 2.02. The highest BCUT2D eigenvalue weighted by molar-refractivity contribution is 5.57. The van der Waals surface area contributed by atoms with Gasteiger partial charge in [-0.05, 0) is 29.8 Å². The van der Waals surface area contributed by atoms with E-state index in [1.165, 1.54) is 12.2 Å². The summed E-state index contributed by atoms with van der Waals surface area (Å²) in [6, 6.07) is 5.41. The summed E-state index contributed by atoms with van der Waals surface area (Å²) in [5.74, 6) is 1.29. The summed E-state index contributed by atoms with van der Waals surface area (Å²) in [5, 5.41) is 17.9. The molecule has 1 aromatic rings. The molecule has 1 aromatic carbocycles. The molecule has 17 heavy (non-hydrogen) atoms. The number of ether oxygens (including phenoxy) is 2. The van der Waals surface area contributed by atoms with Crippen molar-refractivity contribution in [3.63, 3.8) is 0 Å². The Morgan fingerprint density at radius 2 is 1.94 bits per heavy atom. The predicted molar refractivity (Wildman–Crippen MR) is 66.4 cm³/mol. The second-order valence-corrected chi connectivity index (χ2v) is 3.26. The normalized spacial score (nSPS) is 11.8. The Labute approximate surface area is 100 Å². The van der Waals surface area contributed by atoms with E-state index in [1.54, 1.807) is 32.4 Å². The fourth-order valence-electron chi connectivity index (χ4n) is 1.30. The van der Waals surface area contributed by atoms with Gasteiger partial charge in [0.25, 0.3) is 0 Å². The van der Waals surface area contributed by atoms with Gasteiger partial charge >= 0.3 is 0 Å². The van der Waals surface area contributed by atoms with E-state index in [4.69, 9.17) is 14.6 Å². The van der Waals surface area contributed by atoms with Crippen molar-refractivity contribution in [1.82, 2.24) is 0 Å². The van der Waals surface area contributed by atoms with Crippen molar-refractivity contribution in [1.29, 1.82) is 0 Å². The number of hydrogen-bond donors (Lipinski definition) is 2. The maximum atomic E-state index is 9.30. The van der Waals surface area contributed by atoms with Gasteiger partial charge in [-0.15, -0.1) is 0 Å². The number of hydrogen-bond acceptors (Lipinski definition) is 4. The van der Waals surface area contributed by atoms with Gasteiger partial charge in [0.05, 0.1) is 20.8 Å². The molecule has 1 rings (SSSR count). The van der Waals surface area contributed by atoms with Crippen molar-refractivity contribution >= 4 is 6.08 Å². The van der Waals surface area contributed by atoms with Crippen LogP contribution in [0, 0.1) is 0 Å². The van der Waals surface area contributed by atoms with E-state index in [2.05, 4.69) is 0 Å². The number of rotatable bonds is 5. The number of aliphatic hydroxyl groups is 2. The monoisotopic (exact) mass is 236 g/mol. The lowest BCUT2D eigenvalue weighted by Crippen LogP contribution is -1.90. The number of aliphatic hydroxyl groups excluding tert-OH is 2. The molecule has 0 aliphatic heterocycles. The highest BCUT2D eigenvalue weighted by atomic mass is 16.5. The molecule has 0 aromatic heterocycles. The van der Waals surface area contributed by atoms with Gasteiger partial charge in [-0.1, -0.05) is 12.1 Å². The van der Waals surface area contributed by atoms with Crippen LogP contribution in [0.25, 0.3) is 6.08 Å². The van der Waals surface area contributed by atoms with Gasteiger partial charge in [0, 0.05) is 0 Å². The standard InChI is InChI=1S/C13H16O4/c1-16-12-6-4-10(9-13(12)17-2)3-5-11(15)7-8-14/h3-7,9,14-15H,8H2,1-2H3/b5-3+,11-7-. The first kappa shape index (κ1) is 13.1. The van der Waals surface area contributed by atoms with Crippen molar-refractivity contribution in [3.05, 3.63) is 41.7 Å². The molecule has 4 heteroatoms. The Balaban J connectivity index is 2.89. The first-order chi connectivity index (χ1) is 8.21. The van der Waals surface area contributed by atoms with Crippen LogP contribution in [-0.4, -0.2) is 31.0 Å². The Bertz CT molecular complexity index is 421. The molecule has 0 heterocycles. The largest absolute Gasteiger partial charge is 0.508 e. The van der Waals surface area contributed by atoms with Crippen LogP contribution in [0.15, 0.2) is 36.1 Å². The van der Waals surface area contributed by atoms with Gasteiger partial charge in [-0.3, -0.25) is 0 Å². The predicted octanol–water partition coefficient (Wildman–Crippen LogP) is 2.15. The lowest BCUT2D eigenvalue weighted by molar-refractivity contribution is 0.332. The van der Waals surface area contributed by atoms with Crippen LogP contribution in [0.4, 0.5) is 0 Å². The number of methoxy groups -OCH3 is 2. The van der Waals surface area contributed by atoms with Gasteiger partial charge in [-0.25, -0.2) is 0 Å². The van der Waals surface area contributed by atoms with Crippen molar-refractivity contribution in [3.8, 4) is 11.5 Å². The summed E-state index contributed by atoms with van der Waals surface area (Å²) >= 11 is 0. The molecule has 0 saturated heterocycles. The summed E-state index contributed by atoms with van der Waals surface area (Å²) < 4.78 is 10.3. The van der Waals surface area contributed by atoms with Gasteiger partial charge in [-0.2, -0.15) is 0 Å². The Morgan fingerprint density at radius 1 is 1.24 bits per heavy atom. The Kier molecular flexibility index (Phi) is 5.10. The summed E-state index contributed by atoms with van der Waals surface area (Å²) in [6.07, 6.45) is 4.51. The third kappa shape index (κ3) is 3.85. The lowest BCUT2D eigenvalue weighted by atomic mass is 10.2. The van der Waals surface area contributed by atoms with Crippen LogP contribution in [0.2, 0.25) is 0 Å². The molecule has 0 aliphatic rings. The van der Waals surface area contributed by atoms with Gasteiger partial charge < -0.3 is 19.7 Å². The van der Waals surface area contributed by atoms with Gasteiger partial charge in [0.2, 0.25) is 0 Å². The van der Waals surface area contributed by atoms with Crippen LogP contribution >= 0.6 is 0 Å². The number of allylic oxidation sites excluding steroid dienone is 1. The second kappa shape index (κ2) is 6.60. The average molecular weight is 236 g/mol. The van der Waals surface area contributed by atoms with E-state index < -0.39 is 0 Å². The second-order valence-electron chi connectivity index (χ2n) is 3.26. The SMILES string of the molecule is COc1ccc(/C=C/C(O)=C/CO)cc1OC. The molecule has 2 N–H and O–H groups in total. The van der Waals surface area contributed by atoms with E-state index in [0.29, 0.717) is 11.5 Å². The smallest absolute Gasteiger partial charge is 0.161 e. The van der Waals surface area contributed by atoms with Crippen LogP contribution in [-0.2, 0) is 0 Å². The Hall–Kier alpha value is -1.94. The van der Waals surface area contributed by atoms with E-state index >= 15 is 0 Å². The zero-order valence-corrected chi connectivity index (χ0v) is 9.88. The third-order valence-electron chi connectivity index (χ3n) is 2.15. The molecule has 0 unspecified atom stereocenters. The van der Waals surface area contributed by atoms with E-state index in [-0.39, 0.29) is 12.4 Å². The molecule has 4 nitrogen and oxygen atoms in total. The maximum absolute atomic E-state index is 9.30. The van der Waals surface area contributed by atoms with Crippen LogP contribution in [0.1, 0.15) is 5.56 Å². The first-order valence-corrected chi connectivity index (χ1v) is 5.11. The summed E-state index contributed by atoms with van der Waals surface area (Å²) in [6.45, 7) is -0.192. The minimum atomic E-state index is -0.192. The molecular formula is C13H16O4. The maximum Gasteiger partial charge on any atom is 0.161 e. The fraction of sp³-hybridized carbons (Fsp3) is 0.231. The molecule has 92 valence electrons. The average Bonchev–Trinajstić information content (AvgIpc) is 2.36. The Morgan fingerprint density at radius 3 is 2.53 bits per heavy atom. The quantitative estimate of drug-likeness (QED) is 0.607. The molecule has 0 saturated carbocycles. The first-order valence-electron chi connectivity index (χ1n) is 5.11. The molecule has 0 spiro atoms. The molecule has 0 radical (unpaired) electrons.